The number of hydrogen-bond acceptors (Lipinski definition) is 3. The van der Waals surface area contributed by atoms with E-state index in [1.54, 1.807) is 30.3 Å². The van der Waals surface area contributed by atoms with E-state index in [0.717, 1.165) is 12.4 Å². The summed E-state index contributed by atoms with van der Waals surface area (Å²) in [6.07, 6.45) is -0.875. The fraction of sp³-hybridized carbons (Fsp3) is 0.176. The number of rotatable bonds is 4. The summed E-state index contributed by atoms with van der Waals surface area (Å²) in [5.74, 6) is -0.160. The molecule has 0 saturated carbocycles. The highest BCUT2D eigenvalue weighted by Gasteiger charge is 2.34. The number of hydrogen-bond donors (Lipinski definition) is 1. The molecule has 1 N–H and O–H groups in total. The van der Waals surface area contributed by atoms with Crippen LogP contribution in [0.25, 0.3) is 5.69 Å². The van der Waals surface area contributed by atoms with E-state index in [9.17, 15) is 17.6 Å². The van der Waals surface area contributed by atoms with E-state index in [4.69, 9.17) is 0 Å². The molecule has 0 unspecified atom stereocenters. The smallest absolute Gasteiger partial charge is 0.381 e. The zero-order valence-corrected chi connectivity index (χ0v) is 13.2. The van der Waals surface area contributed by atoms with Crippen LogP contribution < -0.4 is 5.32 Å². The molecule has 3 aromatic rings. The zero-order chi connectivity index (χ0) is 18.0. The van der Waals surface area contributed by atoms with Crippen LogP contribution in [0.5, 0.6) is 0 Å². The number of halogens is 4. The molecule has 0 aliphatic carbocycles. The van der Waals surface area contributed by atoms with E-state index in [0.29, 0.717) is 16.9 Å². The lowest BCUT2D eigenvalue weighted by Gasteiger charge is -2.09. The van der Waals surface area contributed by atoms with Gasteiger partial charge in [0.2, 0.25) is 0 Å². The van der Waals surface area contributed by atoms with Crippen molar-refractivity contribution in [3.8, 4) is 5.69 Å². The molecule has 25 heavy (non-hydrogen) atoms. The van der Waals surface area contributed by atoms with Crippen LogP contribution in [-0.2, 0) is 12.7 Å². The van der Waals surface area contributed by atoms with Crippen molar-refractivity contribution in [2.24, 2.45) is 0 Å². The Kier molecular flexibility index (Phi) is 4.43. The minimum atomic E-state index is -4.48. The average Bonchev–Trinajstić information content (AvgIpc) is 2.97. The number of benzene rings is 1. The van der Waals surface area contributed by atoms with Crippen molar-refractivity contribution in [1.82, 2.24) is 14.5 Å². The van der Waals surface area contributed by atoms with Gasteiger partial charge in [-0.2, -0.15) is 13.2 Å². The van der Waals surface area contributed by atoms with Crippen molar-refractivity contribution in [1.29, 1.82) is 0 Å². The highest BCUT2D eigenvalue weighted by Crippen LogP contribution is 2.29. The molecule has 0 aliphatic rings. The molecule has 3 rings (SSSR count). The lowest BCUT2D eigenvalue weighted by atomic mass is 10.2. The van der Waals surface area contributed by atoms with E-state index in [-0.39, 0.29) is 12.4 Å². The molecule has 0 bridgehead atoms. The van der Waals surface area contributed by atoms with Gasteiger partial charge < -0.3 is 9.88 Å². The molecule has 0 saturated heterocycles. The van der Waals surface area contributed by atoms with Gasteiger partial charge in [0.05, 0.1) is 6.20 Å². The summed E-state index contributed by atoms with van der Waals surface area (Å²) in [6.45, 7) is 1.78. The van der Waals surface area contributed by atoms with Gasteiger partial charge in [-0.15, -0.1) is 0 Å². The van der Waals surface area contributed by atoms with Crippen molar-refractivity contribution in [2.75, 3.05) is 5.32 Å². The third kappa shape index (κ3) is 3.78. The third-order valence-corrected chi connectivity index (χ3v) is 3.66. The molecule has 8 heteroatoms. The summed E-state index contributed by atoms with van der Waals surface area (Å²) in [5.41, 5.74) is 0.814. The highest BCUT2D eigenvalue weighted by atomic mass is 19.4. The Labute approximate surface area is 141 Å². The van der Waals surface area contributed by atoms with Crippen LogP contribution in [0.2, 0.25) is 0 Å². The Morgan fingerprint density at radius 2 is 1.84 bits per heavy atom. The van der Waals surface area contributed by atoms with Gasteiger partial charge in [-0.05, 0) is 37.3 Å². The van der Waals surface area contributed by atoms with Gasteiger partial charge in [0, 0.05) is 35.9 Å². The Balaban J connectivity index is 1.75. The van der Waals surface area contributed by atoms with Gasteiger partial charge in [0.25, 0.3) is 0 Å². The van der Waals surface area contributed by atoms with Gasteiger partial charge in [-0.1, -0.05) is 0 Å². The van der Waals surface area contributed by atoms with E-state index in [2.05, 4.69) is 15.3 Å². The van der Waals surface area contributed by atoms with Crippen LogP contribution in [0.3, 0.4) is 0 Å². The van der Waals surface area contributed by atoms with Crippen molar-refractivity contribution >= 4 is 5.69 Å². The molecule has 0 fully saturated rings. The number of alkyl halides is 3. The SMILES string of the molecule is Cc1nc(C(F)(F)F)cn1-c1ccc(NCc2ccncc2F)cc1. The molecule has 0 amide bonds. The van der Waals surface area contributed by atoms with Crippen LogP contribution >= 0.6 is 0 Å². The maximum Gasteiger partial charge on any atom is 0.434 e. The predicted octanol–water partition coefficient (Wildman–Crippen LogP) is 4.35. The number of imidazole rings is 1. The molecule has 0 spiro atoms. The second-order valence-corrected chi connectivity index (χ2v) is 5.41. The van der Waals surface area contributed by atoms with E-state index in [1.165, 1.54) is 17.7 Å². The third-order valence-electron chi connectivity index (χ3n) is 3.66. The van der Waals surface area contributed by atoms with Crippen LogP contribution in [-0.4, -0.2) is 14.5 Å². The van der Waals surface area contributed by atoms with Crippen molar-refractivity contribution < 1.29 is 17.6 Å². The van der Waals surface area contributed by atoms with Gasteiger partial charge in [0.1, 0.15) is 11.6 Å². The summed E-state index contributed by atoms with van der Waals surface area (Å²) >= 11 is 0. The number of aryl methyl sites for hydroxylation is 1. The van der Waals surface area contributed by atoms with Crippen LogP contribution in [0, 0.1) is 12.7 Å². The monoisotopic (exact) mass is 350 g/mol. The molecule has 0 atom stereocenters. The molecule has 2 heterocycles. The fourth-order valence-corrected chi connectivity index (χ4v) is 2.36. The Bertz CT molecular complexity index is 869. The summed E-state index contributed by atoms with van der Waals surface area (Å²) in [6, 6.07) is 8.33. The quantitative estimate of drug-likeness (QED) is 0.712. The second kappa shape index (κ2) is 6.54. The summed E-state index contributed by atoms with van der Waals surface area (Å²) in [7, 11) is 0. The Morgan fingerprint density at radius 3 is 2.44 bits per heavy atom. The van der Waals surface area contributed by atoms with Gasteiger partial charge >= 0.3 is 6.18 Å². The van der Waals surface area contributed by atoms with Crippen LogP contribution in [0.15, 0.2) is 48.9 Å². The first-order chi connectivity index (χ1) is 11.8. The first kappa shape index (κ1) is 16.9. The number of nitrogens with one attached hydrogen (secondary N) is 1. The highest BCUT2D eigenvalue weighted by molar-refractivity contribution is 5.49. The van der Waals surface area contributed by atoms with Gasteiger partial charge in [-0.3, -0.25) is 4.98 Å². The number of anilines is 1. The number of pyridine rings is 1. The Hall–Kier alpha value is -2.90. The summed E-state index contributed by atoms with van der Waals surface area (Å²) < 4.78 is 53.1. The topological polar surface area (TPSA) is 42.7 Å². The van der Waals surface area contributed by atoms with Crippen molar-refractivity contribution in [3.63, 3.8) is 0 Å². The maximum absolute atomic E-state index is 13.5. The van der Waals surface area contributed by atoms with E-state index >= 15 is 0 Å². The maximum atomic E-state index is 13.5. The molecular formula is C17H14F4N4. The molecule has 0 radical (unpaired) electrons. The van der Waals surface area contributed by atoms with Crippen molar-refractivity contribution in [3.05, 3.63) is 71.8 Å². The molecule has 2 aromatic heterocycles. The lowest BCUT2D eigenvalue weighted by Crippen LogP contribution is -2.05. The molecule has 4 nitrogen and oxygen atoms in total. The van der Waals surface area contributed by atoms with Gasteiger partial charge in [-0.25, -0.2) is 9.37 Å². The standard InChI is InChI=1S/C17H14F4N4/c1-11-24-16(17(19,20)21)10-25(11)14-4-2-13(3-5-14)23-8-12-6-7-22-9-15(12)18/h2-7,9-10,23H,8H2,1H3. The first-order valence-corrected chi connectivity index (χ1v) is 7.40. The average molecular weight is 350 g/mol. The van der Waals surface area contributed by atoms with Gasteiger partial charge in [0.15, 0.2) is 5.69 Å². The normalized spacial score (nSPS) is 11.6. The second-order valence-electron chi connectivity index (χ2n) is 5.41. The number of nitrogens with zero attached hydrogens (tertiary/aromatic N) is 3. The first-order valence-electron chi connectivity index (χ1n) is 7.40. The van der Waals surface area contributed by atoms with E-state index in [1.807, 2.05) is 0 Å². The fourth-order valence-electron chi connectivity index (χ4n) is 2.36. The zero-order valence-electron chi connectivity index (χ0n) is 13.2. The summed E-state index contributed by atoms with van der Waals surface area (Å²) in [5, 5.41) is 3.05. The van der Waals surface area contributed by atoms with Crippen molar-refractivity contribution in [2.45, 2.75) is 19.6 Å². The molecule has 0 aliphatic heterocycles. The summed E-state index contributed by atoms with van der Waals surface area (Å²) in [4.78, 5) is 7.22. The molecule has 1 aromatic carbocycles. The lowest BCUT2D eigenvalue weighted by molar-refractivity contribution is -0.141. The van der Waals surface area contributed by atoms with Crippen LogP contribution in [0.1, 0.15) is 17.1 Å². The Morgan fingerprint density at radius 1 is 1.12 bits per heavy atom. The largest absolute Gasteiger partial charge is 0.434 e. The minimum Gasteiger partial charge on any atom is -0.381 e. The van der Waals surface area contributed by atoms with E-state index < -0.39 is 17.7 Å². The number of aromatic nitrogens is 3. The predicted molar refractivity (Wildman–Crippen MR) is 84.8 cm³/mol. The molecular weight excluding hydrogens is 336 g/mol. The minimum absolute atomic E-state index is 0.242. The molecule has 130 valence electrons. The van der Waals surface area contributed by atoms with Crippen LogP contribution in [0.4, 0.5) is 23.2 Å².